The summed E-state index contributed by atoms with van der Waals surface area (Å²) in [5.41, 5.74) is 0.705. The Bertz CT molecular complexity index is 1350. The Hall–Kier alpha value is -2.60. The lowest BCUT2D eigenvalue weighted by Crippen LogP contribution is -2.46. The number of methoxy groups -OCH3 is 1. The van der Waals surface area contributed by atoms with E-state index in [1.807, 2.05) is 18.2 Å². The van der Waals surface area contributed by atoms with E-state index < -0.39 is 15.8 Å². The van der Waals surface area contributed by atoms with Crippen molar-refractivity contribution < 1.29 is 27.1 Å². The molecule has 2 aliphatic heterocycles. The zero-order valence-electron chi connectivity index (χ0n) is 19.9. The van der Waals surface area contributed by atoms with Gasteiger partial charge in [0.05, 0.1) is 24.5 Å². The van der Waals surface area contributed by atoms with E-state index in [1.165, 1.54) is 33.8 Å². The molecule has 2 fully saturated rings. The average molecular weight is 534 g/mol. The van der Waals surface area contributed by atoms with Gasteiger partial charge in [0.1, 0.15) is 22.0 Å². The minimum Gasteiger partial charge on any atom is -0.494 e. The van der Waals surface area contributed by atoms with Crippen LogP contribution in [0.15, 0.2) is 47.4 Å². The summed E-state index contributed by atoms with van der Waals surface area (Å²) in [6.07, 6.45) is 2.46. The van der Waals surface area contributed by atoms with Crippen molar-refractivity contribution >= 4 is 42.6 Å². The number of aromatic nitrogens is 1. The number of thiazole rings is 1. The van der Waals surface area contributed by atoms with Crippen LogP contribution in [0.5, 0.6) is 5.75 Å². The summed E-state index contributed by atoms with van der Waals surface area (Å²) in [6, 6.07) is 11.0. The second-order valence-electron chi connectivity index (χ2n) is 9.00. The molecule has 0 spiro atoms. The molecule has 11 heteroatoms. The molecule has 192 valence electrons. The minimum absolute atomic E-state index is 0.0654. The van der Waals surface area contributed by atoms with Gasteiger partial charge in [0.25, 0.3) is 0 Å². The average Bonchev–Trinajstić information content (AvgIpc) is 3.57. The molecular formula is C25H28FN3O5S2. The maximum Gasteiger partial charge on any atom is 0.245 e. The molecule has 2 aliphatic rings. The van der Waals surface area contributed by atoms with Crippen LogP contribution in [-0.4, -0.2) is 63.1 Å². The summed E-state index contributed by atoms with van der Waals surface area (Å²) in [5.74, 6) is -0.588. The molecule has 0 bridgehead atoms. The van der Waals surface area contributed by atoms with Gasteiger partial charge < -0.3 is 9.47 Å². The summed E-state index contributed by atoms with van der Waals surface area (Å²) in [5, 5.41) is 0.580. The lowest BCUT2D eigenvalue weighted by atomic mass is 9.96. The van der Waals surface area contributed by atoms with Crippen LogP contribution in [0.25, 0.3) is 10.2 Å². The first-order chi connectivity index (χ1) is 17.4. The molecule has 0 N–H and O–H groups in total. The number of piperidine rings is 1. The Labute approximate surface area is 213 Å². The van der Waals surface area contributed by atoms with Gasteiger partial charge in [-0.25, -0.2) is 17.8 Å². The van der Waals surface area contributed by atoms with E-state index in [4.69, 9.17) is 14.5 Å². The van der Waals surface area contributed by atoms with Crippen molar-refractivity contribution in [1.29, 1.82) is 0 Å². The van der Waals surface area contributed by atoms with Crippen molar-refractivity contribution in [2.24, 2.45) is 5.92 Å². The number of anilines is 1. The fourth-order valence-electron chi connectivity index (χ4n) is 4.80. The summed E-state index contributed by atoms with van der Waals surface area (Å²) in [6.45, 7) is 1.37. The van der Waals surface area contributed by atoms with E-state index in [9.17, 15) is 17.6 Å². The van der Waals surface area contributed by atoms with Crippen LogP contribution >= 0.6 is 11.3 Å². The van der Waals surface area contributed by atoms with E-state index in [0.717, 1.165) is 23.6 Å². The summed E-state index contributed by atoms with van der Waals surface area (Å²) < 4.78 is 53.6. The van der Waals surface area contributed by atoms with Crippen LogP contribution in [0.2, 0.25) is 0 Å². The van der Waals surface area contributed by atoms with Gasteiger partial charge in [-0.1, -0.05) is 29.5 Å². The Morgan fingerprint density at radius 2 is 1.97 bits per heavy atom. The van der Waals surface area contributed by atoms with Gasteiger partial charge in [-0.15, -0.1) is 0 Å². The molecule has 5 rings (SSSR count). The topological polar surface area (TPSA) is 89.0 Å². The predicted octanol–water partition coefficient (Wildman–Crippen LogP) is 4.06. The van der Waals surface area contributed by atoms with Crippen molar-refractivity contribution in [3.8, 4) is 5.75 Å². The number of para-hydroxylation sites is 1. The number of sulfonamides is 1. The van der Waals surface area contributed by atoms with Crippen molar-refractivity contribution in [1.82, 2.24) is 9.29 Å². The van der Waals surface area contributed by atoms with E-state index in [1.54, 1.807) is 12.0 Å². The highest BCUT2D eigenvalue weighted by Crippen LogP contribution is 2.36. The quantitative estimate of drug-likeness (QED) is 0.455. The summed E-state index contributed by atoms with van der Waals surface area (Å²) in [4.78, 5) is 19.9. The number of ether oxygens (including phenoxy) is 2. The number of hydrogen-bond acceptors (Lipinski definition) is 7. The molecule has 8 nitrogen and oxygen atoms in total. The number of fused-ring (bicyclic) bond motifs is 1. The molecule has 0 radical (unpaired) electrons. The minimum atomic E-state index is -3.97. The number of nitrogens with zero attached hydrogens (tertiary/aromatic N) is 3. The molecular weight excluding hydrogens is 505 g/mol. The van der Waals surface area contributed by atoms with Gasteiger partial charge in [0, 0.05) is 25.6 Å². The first-order valence-corrected chi connectivity index (χ1v) is 14.3. The third kappa shape index (κ3) is 4.84. The van der Waals surface area contributed by atoms with Crippen LogP contribution < -0.4 is 9.64 Å². The van der Waals surface area contributed by atoms with E-state index in [-0.39, 0.29) is 35.9 Å². The standard InChI is InChI=1S/C25H28FN3O5S2/c1-33-20-8-4-9-21-23(20)27-25(35-21)29(16-18-6-5-15-34-18)24(30)17-11-13-28(14-12-17)36(31,32)22-10-3-2-7-19(22)26/h2-4,7-10,17-18H,5-6,11-16H2,1H3. The second-order valence-corrected chi connectivity index (χ2v) is 11.9. The smallest absolute Gasteiger partial charge is 0.245 e. The first kappa shape index (κ1) is 25.1. The molecule has 0 aliphatic carbocycles. The maximum absolute atomic E-state index is 14.2. The molecule has 1 aromatic heterocycles. The third-order valence-electron chi connectivity index (χ3n) is 6.76. The molecule has 36 heavy (non-hydrogen) atoms. The largest absolute Gasteiger partial charge is 0.494 e. The number of carbonyl (C=O) groups is 1. The number of halogens is 1. The summed E-state index contributed by atoms with van der Waals surface area (Å²) in [7, 11) is -2.38. The SMILES string of the molecule is COc1cccc2sc(N(CC3CCCO3)C(=O)C3CCN(S(=O)(=O)c4ccccc4F)CC3)nc12. The normalized spacial score (nSPS) is 19.6. The fraction of sp³-hybridized carbons (Fsp3) is 0.440. The van der Waals surface area contributed by atoms with Crippen molar-refractivity contribution in [2.75, 3.05) is 38.3 Å². The number of hydrogen-bond donors (Lipinski definition) is 0. The molecule has 1 amide bonds. The van der Waals surface area contributed by atoms with Gasteiger partial charge in [-0.2, -0.15) is 4.31 Å². The number of benzene rings is 2. The van der Waals surface area contributed by atoms with Crippen molar-refractivity contribution in [3.05, 3.63) is 48.3 Å². The van der Waals surface area contributed by atoms with Crippen LogP contribution in [0.4, 0.5) is 9.52 Å². The Morgan fingerprint density at radius 3 is 2.67 bits per heavy atom. The lowest BCUT2D eigenvalue weighted by Gasteiger charge is -2.33. The molecule has 3 heterocycles. The fourth-order valence-corrected chi connectivity index (χ4v) is 7.34. The van der Waals surface area contributed by atoms with Crippen LogP contribution in [0, 0.1) is 11.7 Å². The van der Waals surface area contributed by atoms with Crippen molar-refractivity contribution in [2.45, 2.75) is 36.7 Å². The number of rotatable bonds is 7. The molecule has 1 unspecified atom stereocenters. The molecule has 3 aromatic rings. The van der Waals surface area contributed by atoms with Gasteiger partial charge in [0.15, 0.2) is 5.13 Å². The second kappa shape index (κ2) is 10.4. The first-order valence-electron chi connectivity index (χ1n) is 12.0. The van der Waals surface area contributed by atoms with Gasteiger partial charge in [-0.05, 0) is 49.9 Å². The van der Waals surface area contributed by atoms with Gasteiger partial charge in [-0.3, -0.25) is 9.69 Å². The zero-order chi connectivity index (χ0) is 25.3. The highest BCUT2D eigenvalue weighted by Gasteiger charge is 2.37. The van der Waals surface area contributed by atoms with Crippen molar-refractivity contribution in [3.63, 3.8) is 0 Å². The van der Waals surface area contributed by atoms with E-state index in [2.05, 4.69) is 0 Å². The van der Waals surface area contributed by atoms with Gasteiger partial charge in [0.2, 0.25) is 15.9 Å². The molecule has 2 saturated heterocycles. The van der Waals surface area contributed by atoms with Crippen LogP contribution in [0.1, 0.15) is 25.7 Å². The van der Waals surface area contributed by atoms with E-state index in [0.29, 0.717) is 42.4 Å². The zero-order valence-corrected chi connectivity index (χ0v) is 21.6. The molecule has 1 atom stereocenters. The monoisotopic (exact) mass is 533 g/mol. The molecule has 0 saturated carbocycles. The Balaban J connectivity index is 1.36. The van der Waals surface area contributed by atoms with Gasteiger partial charge >= 0.3 is 0 Å². The van der Waals surface area contributed by atoms with Crippen LogP contribution in [0.3, 0.4) is 0 Å². The number of carbonyl (C=O) groups excluding carboxylic acids is 1. The predicted molar refractivity (Wildman–Crippen MR) is 135 cm³/mol. The lowest BCUT2D eigenvalue weighted by molar-refractivity contribution is -0.123. The number of amides is 1. The Morgan fingerprint density at radius 1 is 1.19 bits per heavy atom. The van der Waals surface area contributed by atoms with Crippen LogP contribution in [-0.2, 0) is 19.6 Å². The highest BCUT2D eigenvalue weighted by atomic mass is 32.2. The Kier molecular flexibility index (Phi) is 7.25. The third-order valence-corrected chi connectivity index (χ3v) is 9.73. The molecule has 2 aromatic carbocycles. The highest BCUT2D eigenvalue weighted by molar-refractivity contribution is 7.89. The maximum atomic E-state index is 14.2. The van der Waals surface area contributed by atoms with E-state index >= 15 is 0 Å². The summed E-state index contributed by atoms with van der Waals surface area (Å²) >= 11 is 1.42.